The first-order valence-electron chi connectivity index (χ1n) is 3.23. The van der Waals surface area contributed by atoms with E-state index >= 15 is 0 Å². The summed E-state index contributed by atoms with van der Waals surface area (Å²) in [7, 11) is 0. The molecule has 2 N–H and O–H groups in total. The Morgan fingerprint density at radius 3 is 0.917 bits per heavy atom. The van der Waals surface area contributed by atoms with Crippen molar-refractivity contribution in [1.82, 2.24) is 0 Å². The third-order valence-electron chi connectivity index (χ3n) is 1.000. The SMILES string of the molecule is C1CCC1.O=C(O)Cl.O=C(O)Cl. The fourth-order valence-electron chi connectivity index (χ4n) is 0.250. The summed E-state index contributed by atoms with van der Waals surface area (Å²) in [6.07, 6.45) is 6.00. The molecule has 0 aromatic carbocycles. The molecule has 6 heteroatoms. The number of hydrogen-bond donors (Lipinski definition) is 2. The molecule has 1 aliphatic carbocycles. The van der Waals surface area contributed by atoms with Crippen LogP contribution in [-0.4, -0.2) is 21.1 Å². The first-order valence-corrected chi connectivity index (χ1v) is 3.99. The topological polar surface area (TPSA) is 74.6 Å². The van der Waals surface area contributed by atoms with Gasteiger partial charge in [-0.2, -0.15) is 0 Å². The molecule has 0 spiro atoms. The minimum atomic E-state index is -1.36. The molecule has 0 bridgehead atoms. The number of halogens is 2. The maximum absolute atomic E-state index is 8.77. The third kappa shape index (κ3) is 55.8. The number of carboxylic acid groups (broad SMARTS) is 2. The van der Waals surface area contributed by atoms with Crippen LogP contribution in [0, 0.1) is 0 Å². The lowest BCUT2D eigenvalue weighted by molar-refractivity contribution is 0.219. The van der Waals surface area contributed by atoms with Gasteiger partial charge in [0.2, 0.25) is 0 Å². The molecular weight excluding hydrogens is 207 g/mol. The van der Waals surface area contributed by atoms with Gasteiger partial charge in [-0.25, -0.2) is 9.59 Å². The maximum Gasteiger partial charge on any atom is 0.401 e. The Balaban J connectivity index is 0. The average Bonchev–Trinajstić information content (AvgIpc) is 1.50. The zero-order chi connectivity index (χ0) is 9.98. The van der Waals surface area contributed by atoms with Crippen LogP contribution in [0.3, 0.4) is 0 Å². The van der Waals surface area contributed by atoms with Crippen molar-refractivity contribution in [3.05, 3.63) is 0 Å². The zero-order valence-electron chi connectivity index (χ0n) is 6.30. The van der Waals surface area contributed by atoms with E-state index in [1.54, 1.807) is 0 Å². The summed E-state index contributed by atoms with van der Waals surface area (Å²) in [5.74, 6) is 0. The number of rotatable bonds is 0. The molecule has 72 valence electrons. The van der Waals surface area contributed by atoms with Gasteiger partial charge in [0.25, 0.3) is 0 Å². The molecule has 0 aromatic rings. The molecule has 1 aliphatic rings. The van der Waals surface area contributed by atoms with Gasteiger partial charge in [0.1, 0.15) is 0 Å². The Hall–Kier alpha value is -0.480. The number of carbonyl (C=O) groups is 2. The average molecular weight is 217 g/mol. The van der Waals surface area contributed by atoms with Gasteiger partial charge < -0.3 is 10.2 Å². The molecule has 0 aliphatic heterocycles. The van der Waals surface area contributed by atoms with Crippen molar-refractivity contribution in [3.8, 4) is 0 Å². The quantitative estimate of drug-likeness (QED) is 0.610. The Bertz CT molecular complexity index is 110. The fourth-order valence-corrected chi connectivity index (χ4v) is 0.250. The minimum Gasteiger partial charge on any atom is -0.469 e. The van der Waals surface area contributed by atoms with E-state index in [0.717, 1.165) is 0 Å². The summed E-state index contributed by atoms with van der Waals surface area (Å²) in [5.41, 5.74) is -2.72. The Morgan fingerprint density at radius 1 is 0.833 bits per heavy atom. The Morgan fingerprint density at radius 2 is 0.917 bits per heavy atom. The van der Waals surface area contributed by atoms with E-state index in [-0.39, 0.29) is 0 Å². The van der Waals surface area contributed by atoms with E-state index < -0.39 is 10.9 Å². The molecule has 1 fully saturated rings. The second-order valence-electron chi connectivity index (χ2n) is 1.92. The van der Waals surface area contributed by atoms with Gasteiger partial charge in [-0.1, -0.05) is 25.7 Å². The van der Waals surface area contributed by atoms with Gasteiger partial charge in [0.15, 0.2) is 0 Å². The van der Waals surface area contributed by atoms with Gasteiger partial charge in [-0.15, -0.1) is 0 Å². The van der Waals surface area contributed by atoms with E-state index in [1.807, 2.05) is 0 Å². The van der Waals surface area contributed by atoms with Crippen LogP contribution < -0.4 is 0 Å². The normalized spacial score (nSPS) is 12.2. The molecule has 0 atom stereocenters. The molecule has 0 unspecified atom stereocenters. The monoisotopic (exact) mass is 216 g/mol. The van der Waals surface area contributed by atoms with Gasteiger partial charge in [-0.3, -0.25) is 0 Å². The lowest BCUT2D eigenvalue weighted by Crippen LogP contribution is -1.85. The van der Waals surface area contributed by atoms with Crippen molar-refractivity contribution in [2.24, 2.45) is 0 Å². The molecule has 1 saturated carbocycles. The van der Waals surface area contributed by atoms with Crippen molar-refractivity contribution in [2.75, 3.05) is 0 Å². The van der Waals surface area contributed by atoms with Crippen molar-refractivity contribution in [1.29, 1.82) is 0 Å². The maximum atomic E-state index is 8.77. The Kier molecular flexibility index (Phi) is 12.3. The zero-order valence-corrected chi connectivity index (χ0v) is 7.81. The van der Waals surface area contributed by atoms with Crippen LogP contribution in [0.1, 0.15) is 25.7 Å². The van der Waals surface area contributed by atoms with Crippen molar-refractivity contribution < 1.29 is 19.8 Å². The summed E-state index contributed by atoms with van der Waals surface area (Å²) < 4.78 is 0. The summed E-state index contributed by atoms with van der Waals surface area (Å²) in [4.78, 5) is 17.5. The van der Waals surface area contributed by atoms with E-state index in [4.69, 9.17) is 19.8 Å². The van der Waals surface area contributed by atoms with Gasteiger partial charge in [-0.05, 0) is 0 Å². The molecule has 0 aromatic heterocycles. The molecule has 1 rings (SSSR count). The van der Waals surface area contributed by atoms with Crippen LogP contribution in [-0.2, 0) is 0 Å². The molecule has 0 saturated heterocycles. The van der Waals surface area contributed by atoms with Crippen LogP contribution in [0.2, 0.25) is 0 Å². The van der Waals surface area contributed by atoms with Crippen LogP contribution in [0.15, 0.2) is 0 Å². The van der Waals surface area contributed by atoms with Crippen LogP contribution >= 0.6 is 23.2 Å². The van der Waals surface area contributed by atoms with Gasteiger partial charge in [0, 0.05) is 23.2 Å². The molecule has 0 heterocycles. The van der Waals surface area contributed by atoms with E-state index in [1.165, 1.54) is 25.7 Å². The standard InChI is InChI=1S/C4H8.2CHClO2/c1-2-4-3-1;2*2-1(3)4/h1-4H2;2*(H,3,4). The van der Waals surface area contributed by atoms with E-state index in [2.05, 4.69) is 23.2 Å². The van der Waals surface area contributed by atoms with Gasteiger partial charge in [0.05, 0.1) is 0 Å². The highest BCUT2D eigenvalue weighted by atomic mass is 35.5. The van der Waals surface area contributed by atoms with E-state index in [9.17, 15) is 0 Å². The molecule has 0 radical (unpaired) electrons. The largest absolute Gasteiger partial charge is 0.469 e. The van der Waals surface area contributed by atoms with Crippen molar-refractivity contribution in [2.45, 2.75) is 25.7 Å². The number of hydrogen-bond acceptors (Lipinski definition) is 2. The molecule has 0 amide bonds. The summed E-state index contributed by atoms with van der Waals surface area (Å²) in [6.45, 7) is 0. The van der Waals surface area contributed by atoms with Gasteiger partial charge >= 0.3 is 10.9 Å². The summed E-state index contributed by atoms with van der Waals surface area (Å²) in [5, 5.41) is 14.4. The summed E-state index contributed by atoms with van der Waals surface area (Å²) in [6, 6.07) is 0. The smallest absolute Gasteiger partial charge is 0.401 e. The van der Waals surface area contributed by atoms with Crippen LogP contribution in [0.4, 0.5) is 9.59 Å². The van der Waals surface area contributed by atoms with Crippen LogP contribution in [0.5, 0.6) is 0 Å². The first kappa shape index (κ1) is 14.1. The lowest BCUT2D eigenvalue weighted by atomic mass is 10.0. The molecule has 12 heavy (non-hydrogen) atoms. The Labute approximate surface area is 80.1 Å². The highest BCUT2D eigenvalue weighted by Gasteiger charge is 1.95. The second kappa shape index (κ2) is 10.5. The van der Waals surface area contributed by atoms with Crippen LogP contribution in [0.25, 0.3) is 0 Å². The van der Waals surface area contributed by atoms with Crippen molar-refractivity contribution in [3.63, 3.8) is 0 Å². The predicted molar refractivity (Wildman–Crippen MR) is 46.2 cm³/mol. The lowest BCUT2D eigenvalue weighted by Gasteiger charge is -2.05. The molecule has 4 nitrogen and oxygen atoms in total. The fraction of sp³-hybridized carbons (Fsp3) is 0.667. The minimum absolute atomic E-state index is 1.36. The summed E-state index contributed by atoms with van der Waals surface area (Å²) >= 11 is 8.38. The highest BCUT2D eigenvalue weighted by Crippen LogP contribution is 2.15. The predicted octanol–water partition coefficient (Wildman–Crippen LogP) is 3.37. The molecular formula is C6H10Cl2O4. The first-order chi connectivity index (χ1) is 5.46. The third-order valence-corrected chi connectivity index (χ3v) is 1.000. The van der Waals surface area contributed by atoms with Crippen molar-refractivity contribution >= 4 is 34.1 Å². The van der Waals surface area contributed by atoms with E-state index in [0.29, 0.717) is 0 Å². The second-order valence-corrected chi connectivity index (χ2v) is 2.57. The highest BCUT2D eigenvalue weighted by molar-refractivity contribution is 6.60.